The standard InChI is InChI=1S/C8H10F3NO/c1-12-4-6(7(13)5-12)2-3-8(9,10)11/h6-7,13H,4-5H2,1H3/t6-,7-/m1/s1. The number of rotatable bonds is 0. The van der Waals surface area contributed by atoms with E-state index in [-0.39, 0.29) is 0 Å². The maximum atomic E-state index is 11.7. The number of nitrogens with zero attached hydrogens (tertiary/aromatic N) is 1. The number of halogens is 3. The molecule has 0 spiro atoms. The van der Waals surface area contributed by atoms with E-state index in [0.717, 1.165) is 0 Å². The summed E-state index contributed by atoms with van der Waals surface area (Å²) in [4.78, 5) is 1.75. The highest BCUT2D eigenvalue weighted by molar-refractivity contribution is 5.12. The van der Waals surface area contributed by atoms with Crippen molar-refractivity contribution in [2.24, 2.45) is 5.92 Å². The van der Waals surface area contributed by atoms with Crippen LogP contribution in [0.15, 0.2) is 0 Å². The quantitative estimate of drug-likeness (QED) is 0.565. The van der Waals surface area contributed by atoms with Crippen molar-refractivity contribution in [2.75, 3.05) is 20.1 Å². The fourth-order valence-corrected chi connectivity index (χ4v) is 1.29. The fraction of sp³-hybridized carbons (Fsp3) is 0.750. The summed E-state index contributed by atoms with van der Waals surface area (Å²) in [6, 6.07) is 0. The fourth-order valence-electron chi connectivity index (χ4n) is 1.29. The number of aliphatic hydroxyl groups is 1. The number of hydrogen-bond acceptors (Lipinski definition) is 2. The molecule has 13 heavy (non-hydrogen) atoms. The Morgan fingerprint density at radius 2 is 2.00 bits per heavy atom. The smallest absolute Gasteiger partial charge is 0.390 e. The second-order valence-electron chi connectivity index (χ2n) is 3.16. The number of aliphatic hydroxyl groups excluding tert-OH is 1. The highest BCUT2D eigenvalue weighted by Crippen LogP contribution is 2.17. The van der Waals surface area contributed by atoms with Crippen LogP contribution in [0, 0.1) is 17.8 Å². The molecule has 0 radical (unpaired) electrons. The van der Waals surface area contributed by atoms with Gasteiger partial charge in [-0.1, -0.05) is 5.92 Å². The van der Waals surface area contributed by atoms with Gasteiger partial charge in [-0.2, -0.15) is 13.2 Å². The zero-order chi connectivity index (χ0) is 10.1. The Labute approximate surface area is 74.3 Å². The maximum Gasteiger partial charge on any atom is 0.457 e. The number of alkyl halides is 3. The molecule has 0 bridgehead atoms. The molecule has 1 saturated heterocycles. The number of likely N-dealkylation sites (tertiary alicyclic amines) is 1. The first-order valence-corrected chi connectivity index (χ1v) is 3.84. The highest BCUT2D eigenvalue weighted by atomic mass is 19.4. The molecule has 0 saturated carbocycles. The first kappa shape index (κ1) is 10.4. The molecule has 74 valence electrons. The van der Waals surface area contributed by atoms with Gasteiger partial charge >= 0.3 is 6.18 Å². The third-order valence-electron chi connectivity index (χ3n) is 1.87. The number of β-amino-alcohol motifs (C(OH)–C–C–N with tert-alkyl or cyclic N) is 1. The first-order valence-electron chi connectivity index (χ1n) is 3.84. The summed E-state index contributed by atoms with van der Waals surface area (Å²) in [5.74, 6) is 2.64. The van der Waals surface area contributed by atoms with E-state index < -0.39 is 18.2 Å². The topological polar surface area (TPSA) is 23.5 Å². The predicted molar refractivity (Wildman–Crippen MR) is 40.8 cm³/mol. The average molecular weight is 193 g/mol. The number of hydrogen-bond donors (Lipinski definition) is 1. The minimum Gasteiger partial charge on any atom is -0.390 e. The maximum absolute atomic E-state index is 11.7. The molecule has 1 N–H and O–H groups in total. The molecule has 1 fully saturated rings. The van der Waals surface area contributed by atoms with E-state index in [2.05, 4.69) is 0 Å². The summed E-state index contributed by atoms with van der Waals surface area (Å²) >= 11 is 0. The van der Waals surface area contributed by atoms with Crippen molar-refractivity contribution in [2.45, 2.75) is 12.3 Å². The molecular formula is C8H10F3NO. The van der Waals surface area contributed by atoms with Gasteiger partial charge in [0.25, 0.3) is 0 Å². The van der Waals surface area contributed by atoms with Crippen LogP contribution in [0.3, 0.4) is 0 Å². The molecule has 5 heteroatoms. The van der Waals surface area contributed by atoms with E-state index in [9.17, 15) is 18.3 Å². The third-order valence-corrected chi connectivity index (χ3v) is 1.87. The van der Waals surface area contributed by atoms with Gasteiger partial charge in [-0.05, 0) is 7.05 Å². The van der Waals surface area contributed by atoms with E-state index in [1.54, 1.807) is 11.9 Å². The monoisotopic (exact) mass is 193 g/mol. The number of likely N-dealkylation sites (N-methyl/N-ethyl adjacent to an activating group) is 1. The van der Waals surface area contributed by atoms with E-state index in [1.165, 1.54) is 5.92 Å². The zero-order valence-electron chi connectivity index (χ0n) is 7.10. The molecule has 0 aromatic heterocycles. The molecule has 1 aliphatic rings. The van der Waals surface area contributed by atoms with Gasteiger partial charge in [-0.25, -0.2) is 0 Å². The molecular weight excluding hydrogens is 183 g/mol. The van der Waals surface area contributed by atoms with Gasteiger partial charge in [0.1, 0.15) is 0 Å². The van der Waals surface area contributed by atoms with Crippen molar-refractivity contribution >= 4 is 0 Å². The van der Waals surface area contributed by atoms with Gasteiger partial charge in [0.15, 0.2) is 0 Å². The van der Waals surface area contributed by atoms with Crippen LogP contribution in [0.1, 0.15) is 0 Å². The van der Waals surface area contributed by atoms with Crippen molar-refractivity contribution in [3.63, 3.8) is 0 Å². The van der Waals surface area contributed by atoms with Gasteiger partial charge in [-0.15, -0.1) is 0 Å². The lowest BCUT2D eigenvalue weighted by Gasteiger charge is -2.04. The van der Waals surface area contributed by atoms with E-state index in [4.69, 9.17) is 0 Å². The normalized spacial score (nSPS) is 29.9. The summed E-state index contributed by atoms with van der Waals surface area (Å²) in [7, 11) is 1.73. The molecule has 0 unspecified atom stereocenters. The lowest BCUT2D eigenvalue weighted by atomic mass is 10.1. The molecule has 0 aliphatic carbocycles. The lowest BCUT2D eigenvalue weighted by Crippen LogP contribution is -2.17. The predicted octanol–water partition coefficient (Wildman–Crippen LogP) is 0.475. The Hall–Kier alpha value is -0.730. The van der Waals surface area contributed by atoms with Crippen LogP contribution in [0.4, 0.5) is 13.2 Å². The van der Waals surface area contributed by atoms with Gasteiger partial charge in [0.05, 0.1) is 12.0 Å². The third kappa shape index (κ3) is 3.25. The van der Waals surface area contributed by atoms with Crippen molar-refractivity contribution in [1.29, 1.82) is 0 Å². The Morgan fingerprint density at radius 1 is 1.38 bits per heavy atom. The van der Waals surface area contributed by atoms with Crippen LogP contribution in [-0.4, -0.2) is 42.4 Å². The summed E-state index contributed by atoms with van der Waals surface area (Å²) in [5, 5.41) is 9.24. The van der Waals surface area contributed by atoms with E-state index in [0.29, 0.717) is 13.1 Å². The van der Waals surface area contributed by atoms with E-state index in [1.807, 2.05) is 5.92 Å². The van der Waals surface area contributed by atoms with Gasteiger partial charge < -0.3 is 10.0 Å². The Balaban J connectivity index is 2.58. The molecule has 1 heterocycles. The molecule has 1 rings (SSSR count). The molecule has 2 nitrogen and oxygen atoms in total. The molecule has 0 amide bonds. The summed E-state index contributed by atoms with van der Waals surface area (Å²) < 4.78 is 35.0. The zero-order valence-corrected chi connectivity index (χ0v) is 7.10. The Bertz CT molecular complexity index is 240. The lowest BCUT2D eigenvalue weighted by molar-refractivity contribution is -0.0698. The molecule has 0 aromatic rings. The molecule has 0 aromatic carbocycles. The summed E-state index contributed by atoms with van der Waals surface area (Å²) in [6.07, 6.45) is -5.22. The second kappa shape index (κ2) is 3.56. The van der Waals surface area contributed by atoms with Crippen LogP contribution in [0.5, 0.6) is 0 Å². The molecule has 1 aliphatic heterocycles. The van der Waals surface area contributed by atoms with Gasteiger partial charge in [-0.3, -0.25) is 0 Å². The first-order chi connectivity index (χ1) is 5.88. The van der Waals surface area contributed by atoms with Crippen molar-refractivity contribution < 1.29 is 18.3 Å². The summed E-state index contributed by atoms with van der Waals surface area (Å²) in [6.45, 7) is 0.779. The van der Waals surface area contributed by atoms with Crippen LogP contribution in [0.25, 0.3) is 0 Å². The second-order valence-corrected chi connectivity index (χ2v) is 3.16. The van der Waals surface area contributed by atoms with Crippen LogP contribution in [-0.2, 0) is 0 Å². The largest absolute Gasteiger partial charge is 0.457 e. The van der Waals surface area contributed by atoms with E-state index >= 15 is 0 Å². The highest BCUT2D eigenvalue weighted by Gasteiger charge is 2.29. The SMILES string of the molecule is CN1C[C@@H](O)[C@H](C#CC(F)(F)F)C1. The van der Waals surface area contributed by atoms with Crippen molar-refractivity contribution in [1.82, 2.24) is 4.90 Å². The molecule has 2 atom stereocenters. The Kier molecular flexibility index (Phi) is 2.84. The van der Waals surface area contributed by atoms with Crippen LogP contribution in [0.2, 0.25) is 0 Å². The van der Waals surface area contributed by atoms with Crippen molar-refractivity contribution in [3.8, 4) is 11.8 Å². The van der Waals surface area contributed by atoms with Crippen molar-refractivity contribution in [3.05, 3.63) is 0 Å². The minimum absolute atomic E-state index is 0.386. The van der Waals surface area contributed by atoms with Gasteiger partial charge in [0, 0.05) is 19.0 Å². The Morgan fingerprint density at radius 3 is 2.38 bits per heavy atom. The van der Waals surface area contributed by atoms with Crippen LogP contribution >= 0.6 is 0 Å². The van der Waals surface area contributed by atoms with Crippen LogP contribution < -0.4 is 0 Å². The average Bonchev–Trinajstić information content (AvgIpc) is 2.24. The minimum atomic E-state index is -4.46. The summed E-state index contributed by atoms with van der Waals surface area (Å²) in [5.41, 5.74) is 0. The van der Waals surface area contributed by atoms with Gasteiger partial charge in [0.2, 0.25) is 0 Å².